The number of hydrogen-bond donors (Lipinski definition) is 2. The van der Waals surface area contributed by atoms with Gasteiger partial charge in [-0.25, -0.2) is 18.4 Å². The molecule has 0 aromatic heterocycles. The minimum absolute atomic E-state index is 0.0284. The molecule has 1 aromatic rings. The summed E-state index contributed by atoms with van der Waals surface area (Å²) in [6, 6.07) is 5.68. The molecule has 0 aliphatic carbocycles. The SMILES string of the molecule is C[C@@H]1C[C@H](C)CN(C(=O)Nc2ccc(S(N)(=O)=O)cc2)C1. The van der Waals surface area contributed by atoms with E-state index < -0.39 is 10.0 Å². The molecule has 0 radical (unpaired) electrons. The molecule has 0 unspecified atom stereocenters. The van der Waals surface area contributed by atoms with Gasteiger partial charge in [0.2, 0.25) is 10.0 Å². The average molecular weight is 311 g/mol. The zero-order valence-corrected chi connectivity index (χ0v) is 13.1. The summed E-state index contributed by atoms with van der Waals surface area (Å²) in [5.41, 5.74) is 0.554. The third-order valence-corrected chi connectivity index (χ3v) is 4.52. The van der Waals surface area contributed by atoms with Crippen LogP contribution in [-0.2, 0) is 10.0 Å². The van der Waals surface area contributed by atoms with Crippen molar-refractivity contribution in [2.24, 2.45) is 17.0 Å². The number of rotatable bonds is 2. The molecule has 1 fully saturated rings. The maximum Gasteiger partial charge on any atom is 0.321 e. The first-order valence-electron chi connectivity index (χ1n) is 6.94. The number of nitrogens with zero attached hydrogens (tertiary/aromatic N) is 1. The number of urea groups is 1. The van der Waals surface area contributed by atoms with Crippen LogP contribution in [0.15, 0.2) is 29.2 Å². The van der Waals surface area contributed by atoms with Crippen LogP contribution in [0.4, 0.5) is 10.5 Å². The molecule has 1 aliphatic rings. The Morgan fingerprint density at radius 1 is 1.19 bits per heavy atom. The van der Waals surface area contributed by atoms with Gasteiger partial charge in [-0.15, -0.1) is 0 Å². The first-order valence-corrected chi connectivity index (χ1v) is 8.49. The van der Waals surface area contributed by atoms with Crippen molar-refractivity contribution >= 4 is 21.7 Å². The molecule has 0 bridgehead atoms. The second-order valence-electron chi connectivity index (χ2n) is 5.85. The molecular formula is C14H21N3O3S. The first kappa shape index (κ1) is 15.8. The Hall–Kier alpha value is -1.60. The Kier molecular flexibility index (Phi) is 4.53. The Labute approximate surface area is 125 Å². The Morgan fingerprint density at radius 3 is 2.19 bits per heavy atom. The Bertz CT molecular complexity index is 603. The van der Waals surface area contributed by atoms with Gasteiger partial charge in [0.1, 0.15) is 0 Å². The minimum atomic E-state index is -3.71. The quantitative estimate of drug-likeness (QED) is 0.873. The van der Waals surface area contributed by atoms with E-state index in [1.54, 1.807) is 4.90 Å². The summed E-state index contributed by atoms with van der Waals surface area (Å²) in [6.45, 7) is 5.75. The topological polar surface area (TPSA) is 92.5 Å². The van der Waals surface area contributed by atoms with E-state index in [9.17, 15) is 13.2 Å². The molecule has 116 valence electrons. The molecule has 0 spiro atoms. The van der Waals surface area contributed by atoms with Gasteiger partial charge in [-0.3, -0.25) is 0 Å². The summed E-state index contributed by atoms with van der Waals surface area (Å²) < 4.78 is 22.3. The number of primary sulfonamides is 1. The van der Waals surface area contributed by atoms with Gasteiger partial charge in [0.15, 0.2) is 0 Å². The first-order chi connectivity index (χ1) is 9.75. The molecule has 3 N–H and O–H groups in total. The number of hydrogen-bond acceptors (Lipinski definition) is 3. The van der Waals surface area contributed by atoms with E-state index in [0.29, 0.717) is 17.5 Å². The van der Waals surface area contributed by atoms with Crippen LogP contribution in [0.2, 0.25) is 0 Å². The van der Waals surface area contributed by atoms with E-state index in [1.807, 2.05) is 0 Å². The molecule has 1 aliphatic heterocycles. The van der Waals surface area contributed by atoms with Crippen molar-refractivity contribution in [3.63, 3.8) is 0 Å². The van der Waals surface area contributed by atoms with Gasteiger partial charge in [0.05, 0.1) is 4.90 Å². The van der Waals surface area contributed by atoms with E-state index in [1.165, 1.54) is 24.3 Å². The van der Waals surface area contributed by atoms with Gasteiger partial charge in [-0.2, -0.15) is 0 Å². The number of nitrogens with one attached hydrogen (secondary N) is 1. The van der Waals surface area contributed by atoms with E-state index in [0.717, 1.165) is 19.5 Å². The monoisotopic (exact) mass is 311 g/mol. The van der Waals surface area contributed by atoms with E-state index in [2.05, 4.69) is 19.2 Å². The lowest BCUT2D eigenvalue weighted by Gasteiger charge is -2.34. The fourth-order valence-electron chi connectivity index (χ4n) is 2.76. The fraction of sp³-hybridized carbons (Fsp3) is 0.500. The molecule has 2 amide bonds. The smallest absolute Gasteiger partial charge is 0.321 e. The summed E-state index contributed by atoms with van der Waals surface area (Å²) in [4.78, 5) is 14.0. The van der Waals surface area contributed by atoms with Crippen LogP contribution in [-0.4, -0.2) is 32.4 Å². The lowest BCUT2D eigenvalue weighted by Crippen LogP contribution is -2.44. The molecule has 1 aromatic carbocycles. The zero-order valence-electron chi connectivity index (χ0n) is 12.2. The molecule has 2 rings (SSSR count). The van der Waals surface area contributed by atoms with Crippen molar-refractivity contribution < 1.29 is 13.2 Å². The summed E-state index contributed by atoms with van der Waals surface area (Å²) in [5.74, 6) is 0.980. The van der Waals surface area contributed by atoms with Gasteiger partial charge >= 0.3 is 6.03 Å². The van der Waals surface area contributed by atoms with E-state index in [4.69, 9.17) is 5.14 Å². The Balaban J connectivity index is 2.03. The van der Waals surface area contributed by atoms with E-state index in [-0.39, 0.29) is 10.9 Å². The summed E-state index contributed by atoms with van der Waals surface area (Å²) >= 11 is 0. The molecule has 1 heterocycles. The Morgan fingerprint density at radius 2 is 1.71 bits per heavy atom. The second-order valence-corrected chi connectivity index (χ2v) is 7.41. The van der Waals surface area contributed by atoms with Crippen molar-refractivity contribution in [1.82, 2.24) is 4.90 Å². The predicted octanol–water partition coefficient (Wildman–Crippen LogP) is 1.84. The van der Waals surface area contributed by atoms with Gasteiger partial charge in [0.25, 0.3) is 0 Å². The van der Waals surface area contributed by atoms with Crippen LogP contribution in [0.25, 0.3) is 0 Å². The third kappa shape index (κ3) is 4.18. The van der Waals surface area contributed by atoms with Crippen molar-refractivity contribution in [3.05, 3.63) is 24.3 Å². The number of anilines is 1. The molecule has 7 heteroatoms. The molecule has 6 nitrogen and oxygen atoms in total. The maximum absolute atomic E-state index is 12.2. The van der Waals surface area contributed by atoms with Crippen molar-refractivity contribution in [1.29, 1.82) is 0 Å². The van der Waals surface area contributed by atoms with Crippen LogP contribution in [0.1, 0.15) is 20.3 Å². The average Bonchev–Trinajstić information content (AvgIpc) is 2.37. The largest absolute Gasteiger partial charge is 0.324 e. The molecule has 1 saturated heterocycles. The number of amides is 2. The van der Waals surface area contributed by atoms with Gasteiger partial charge in [-0.1, -0.05) is 13.8 Å². The van der Waals surface area contributed by atoms with Crippen LogP contribution < -0.4 is 10.5 Å². The molecule has 2 atom stereocenters. The van der Waals surface area contributed by atoms with Crippen LogP contribution >= 0.6 is 0 Å². The number of carbonyl (C=O) groups is 1. The zero-order chi connectivity index (χ0) is 15.6. The predicted molar refractivity (Wildman–Crippen MR) is 81.4 cm³/mol. The number of sulfonamides is 1. The molecular weight excluding hydrogens is 290 g/mol. The number of piperidine rings is 1. The van der Waals surface area contributed by atoms with Crippen LogP contribution in [0.3, 0.4) is 0 Å². The maximum atomic E-state index is 12.2. The molecule has 21 heavy (non-hydrogen) atoms. The lowest BCUT2D eigenvalue weighted by atomic mass is 9.92. The minimum Gasteiger partial charge on any atom is -0.324 e. The molecule has 0 saturated carbocycles. The van der Waals surface area contributed by atoms with E-state index >= 15 is 0 Å². The number of benzene rings is 1. The number of likely N-dealkylation sites (tertiary alicyclic amines) is 1. The van der Waals surface area contributed by atoms with Crippen molar-refractivity contribution in [2.75, 3.05) is 18.4 Å². The van der Waals surface area contributed by atoms with Crippen LogP contribution in [0, 0.1) is 11.8 Å². The highest BCUT2D eigenvalue weighted by Crippen LogP contribution is 2.22. The summed E-state index contributed by atoms with van der Waals surface area (Å²) in [6.07, 6.45) is 1.13. The summed E-state index contributed by atoms with van der Waals surface area (Å²) in [7, 11) is -3.71. The van der Waals surface area contributed by atoms with Gasteiger partial charge < -0.3 is 10.2 Å². The van der Waals surface area contributed by atoms with Crippen molar-refractivity contribution in [2.45, 2.75) is 25.2 Å². The number of carbonyl (C=O) groups excluding carboxylic acids is 1. The standard InChI is InChI=1S/C14H21N3O3S/c1-10-7-11(2)9-17(8-10)14(18)16-12-3-5-13(6-4-12)21(15,19)20/h3-6,10-11H,7-9H2,1-2H3,(H,16,18)(H2,15,19,20)/t10-,11+. The fourth-order valence-corrected chi connectivity index (χ4v) is 3.27. The lowest BCUT2D eigenvalue weighted by molar-refractivity contribution is 0.156. The number of nitrogens with two attached hydrogens (primary N) is 1. The second kappa shape index (κ2) is 6.03. The van der Waals surface area contributed by atoms with Gasteiger partial charge in [0, 0.05) is 18.8 Å². The van der Waals surface area contributed by atoms with Crippen molar-refractivity contribution in [3.8, 4) is 0 Å². The highest BCUT2D eigenvalue weighted by Gasteiger charge is 2.25. The highest BCUT2D eigenvalue weighted by molar-refractivity contribution is 7.89. The summed E-state index contributed by atoms with van der Waals surface area (Å²) in [5, 5.41) is 7.81. The van der Waals surface area contributed by atoms with Gasteiger partial charge in [-0.05, 0) is 42.5 Å². The van der Waals surface area contributed by atoms with Crippen LogP contribution in [0.5, 0.6) is 0 Å². The normalized spacial score (nSPS) is 22.9. The highest BCUT2D eigenvalue weighted by atomic mass is 32.2. The third-order valence-electron chi connectivity index (χ3n) is 3.59.